The van der Waals surface area contributed by atoms with Gasteiger partial charge in [-0.3, -0.25) is 4.79 Å². The summed E-state index contributed by atoms with van der Waals surface area (Å²) in [6, 6.07) is 13.6. The van der Waals surface area contributed by atoms with E-state index in [0.29, 0.717) is 74.8 Å². The molecule has 3 aromatic heterocycles. The number of carbonyl (C=O) groups excluding carboxylic acids is 1. The Bertz CT molecular complexity index is 2420. The third-order valence-corrected chi connectivity index (χ3v) is 9.75. The van der Waals surface area contributed by atoms with Crippen molar-refractivity contribution >= 4 is 33.8 Å². The number of methoxy groups -OCH3 is 2. The third kappa shape index (κ3) is 5.61. The smallest absolute Gasteiger partial charge is 0.245 e. The number of amides is 1. The average Bonchev–Trinajstić information content (AvgIpc) is 3.85. The van der Waals surface area contributed by atoms with Gasteiger partial charge in [-0.15, -0.1) is 0 Å². The number of halogens is 2. The number of imidazole rings is 1. The Morgan fingerprint density at radius 1 is 1.02 bits per heavy atom. The molecule has 2 aliphatic heterocycles. The summed E-state index contributed by atoms with van der Waals surface area (Å²) in [4.78, 5) is 31.7. The van der Waals surface area contributed by atoms with Gasteiger partial charge in [-0.2, -0.15) is 10.4 Å². The van der Waals surface area contributed by atoms with E-state index < -0.39 is 29.9 Å². The molecule has 264 valence electrons. The molecule has 3 atom stereocenters. The zero-order chi connectivity index (χ0) is 36.3. The minimum absolute atomic E-state index is 0.177. The standard InChI is InChI=1S/C37H33F2N9O4/c1-20-44-30-11-24(39)10-28-22-7-21(14-40)8-25(9-22)52-26-13-32(37(49)45(2)16-27(50-3)18-46(20)34(28)30)47(17-26)35-29-15-43-48(36(29)42-19-41-35)31-6-5-23(38)12-33(31)51-4/h5-12,15,19,26-27,32H,13,16-18H2,1-4H3/t26-,27-,32-/m0/s1. The van der Waals surface area contributed by atoms with E-state index in [1.54, 1.807) is 49.5 Å². The SMILES string of the molecule is COc1cc(F)ccc1-n1ncc2c(N3C[C@@H]4C[C@H]3C(=O)N(C)C[C@H](OC)Cn3c(C)nc5cc(F)cc(c53)-c3cc(C#N)cc(c3)O4)ncnc21. The van der Waals surface area contributed by atoms with Crippen LogP contribution in [0.3, 0.4) is 0 Å². The van der Waals surface area contributed by atoms with Gasteiger partial charge in [-0.05, 0) is 48.9 Å². The fourth-order valence-corrected chi connectivity index (χ4v) is 7.35. The van der Waals surface area contributed by atoms with Gasteiger partial charge >= 0.3 is 0 Å². The molecule has 0 saturated carbocycles. The van der Waals surface area contributed by atoms with E-state index in [-0.39, 0.29) is 24.7 Å². The maximum Gasteiger partial charge on any atom is 0.245 e. The molecule has 0 radical (unpaired) electrons. The van der Waals surface area contributed by atoms with Crippen molar-refractivity contribution in [1.82, 2.24) is 34.2 Å². The molecule has 8 rings (SSSR count). The summed E-state index contributed by atoms with van der Waals surface area (Å²) in [7, 11) is 4.77. The van der Waals surface area contributed by atoms with Gasteiger partial charge in [0.15, 0.2) is 5.65 Å². The topological polar surface area (TPSA) is 136 Å². The molecule has 1 fully saturated rings. The monoisotopic (exact) mass is 705 g/mol. The summed E-state index contributed by atoms with van der Waals surface area (Å²) < 4.78 is 50.6. The van der Waals surface area contributed by atoms with Gasteiger partial charge < -0.3 is 28.6 Å². The lowest BCUT2D eigenvalue weighted by molar-refractivity contribution is -0.133. The van der Waals surface area contributed by atoms with Crippen molar-refractivity contribution in [2.75, 3.05) is 39.3 Å². The van der Waals surface area contributed by atoms with Crippen molar-refractivity contribution in [3.63, 3.8) is 0 Å². The van der Waals surface area contributed by atoms with Crippen molar-refractivity contribution in [2.24, 2.45) is 0 Å². The molecule has 4 bridgehead atoms. The van der Waals surface area contributed by atoms with Crippen LogP contribution in [0.15, 0.2) is 61.1 Å². The quantitative estimate of drug-likeness (QED) is 0.251. The number of anilines is 1. The summed E-state index contributed by atoms with van der Waals surface area (Å²) in [6.07, 6.45) is 2.33. The summed E-state index contributed by atoms with van der Waals surface area (Å²) in [5.74, 6) is 0.679. The van der Waals surface area contributed by atoms with Crippen molar-refractivity contribution in [3.8, 4) is 34.4 Å². The number of nitriles is 1. The van der Waals surface area contributed by atoms with Gasteiger partial charge in [0, 0.05) is 44.8 Å². The molecule has 0 aliphatic carbocycles. The normalized spacial score (nSPS) is 19.0. The number of carbonyl (C=O) groups is 1. The zero-order valence-corrected chi connectivity index (χ0v) is 28.7. The molecule has 0 spiro atoms. The summed E-state index contributed by atoms with van der Waals surface area (Å²) >= 11 is 0. The van der Waals surface area contributed by atoms with Gasteiger partial charge in [0.1, 0.15) is 58.9 Å². The fraction of sp³-hybridized carbons (Fsp3) is 0.297. The summed E-state index contributed by atoms with van der Waals surface area (Å²) in [5.41, 5.74) is 3.53. The zero-order valence-electron chi connectivity index (χ0n) is 28.7. The van der Waals surface area contributed by atoms with Gasteiger partial charge in [0.05, 0.1) is 60.6 Å². The summed E-state index contributed by atoms with van der Waals surface area (Å²) in [5, 5.41) is 15.1. The number of benzene rings is 3. The average molecular weight is 706 g/mol. The molecule has 15 heteroatoms. The first kappa shape index (κ1) is 33.0. The number of likely N-dealkylation sites (N-methyl/N-ethyl adjacent to an activating group) is 1. The summed E-state index contributed by atoms with van der Waals surface area (Å²) in [6.45, 7) is 2.67. The van der Waals surface area contributed by atoms with Crippen molar-refractivity contribution in [3.05, 3.63) is 84.1 Å². The van der Waals surface area contributed by atoms with Crippen LogP contribution in [0.4, 0.5) is 14.6 Å². The molecule has 1 amide bonds. The van der Waals surface area contributed by atoms with Crippen LogP contribution >= 0.6 is 0 Å². The molecule has 1 saturated heterocycles. The molecule has 52 heavy (non-hydrogen) atoms. The van der Waals surface area contributed by atoms with Crippen LogP contribution in [0.1, 0.15) is 17.8 Å². The number of rotatable bonds is 4. The van der Waals surface area contributed by atoms with Crippen molar-refractivity contribution < 1.29 is 27.8 Å². The van der Waals surface area contributed by atoms with E-state index in [0.717, 1.165) is 0 Å². The van der Waals surface area contributed by atoms with Gasteiger partial charge in [0.25, 0.3) is 0 Å². The van der Waals surface area contributed by atoms with Gasteiger partial charge in [0.2, 0.25) is 5.91 Å². The molecule has 2 aliphatic rings. The lowest BCUT2D eigenvalue weighted by Gasteiger charge is -2.30. The minimum atomic E-state index is -0.703. The molecule has 3 aromatic carbocycles. The van der Waals surface area contributed by atoms with E-state index in [9.17, 15) is 14.4 Å². The van der Waals surface area contributed by atoms with E-state index in [2.05, 4.69) is 26.1 Å². The Hall–Kier alpha value is -6.14. The van der Waals surface area contributed by atoms with Crippen molar-refractivity contribution in [2.45, 2.75) is 38.1 Å². The van der Waals surface area contributed by atoms with Crippen LogP contribution in [-0.4, -0.2) is 92.7 Å². The van der Waals surface area contributed by atoms with Gasteiger partial charge in [-0.1, -0.05) is 0 Å². The minimum Gasteiger partial charge on any atom is -0.494 e. The Labute approximate surface area is 296 Å². The molecular weight excluding hydrogens is 672 g/mol. The van der Waals surface area contributed by atoms with E-state index in [1.807, 2.05) is 16.4 Å². The number of aromatic nitrogens is 6. The highest BCUT2D eigenvalue weighted by Gasteiger charge is 2.42. The van der Waals surface area contributed by atoms with Crippen LogP contribution < -0.4 is 14.4 Å². The molecule has 13 nitrogen and oxygen atoms in total. The predicted molar refractivity (Wildman–Crippen MR) is 186 cm³/mol. The number of hydrogen-bond acceptors (Lipinski definition) is 10. The second-order valence-corrected chi connectivity index (χ2v) is 13.0. The first-order valence-electron chi connectivity index (χ1n) is 16.6. The number of hydrogen-bond donors (Lipinski definition) is 0. The third-order valence-electron chi connectivity index (χ3n) is 9.75. The Balaban J connectivity index is 1.25. The first-order chi connectivity index (χ1) is 25.1. The largest absolute Gasteiger partial charge is 0.494 e. The Kier molecular flexibility index (Phi) is 8.18. The van der Waals surface area contributed by atoms with E-state index >= 15 is 4.39 Å². The van der Waals surface area contributed by atoms with Crippen LogP contribution in [-0.2, 0) is 16.1 Å². The molecular formula is C37H33F2N9O4. The lowest BCUT2D eigenvalue weighted by atomic mass is 10.0. The number of ether oxygens (including phenoxy) is 3. The molecule has 0 N–H and O–H groups in total. The first-order valence-corrected chi connectivity index (χ1v) is 16.6. The van der Waals surface area contributed by atoms with Crippen LogP contribution in [0.25, 0.3) is 38.9 Å². The van der Waals surface area contributed by atoms with E-state index in [4.69, 9.17) is 14.2 Å². The molecule has 6 aromatic rings. The fourth-order valence-electron chi connectivity index (χ4n) is 7.35. The highest BCUT2D eigenvalue weighted by molar-refractivity contribution is 5.94. The van der Waals surface area contributed by atoms with Crippen LogP contribution in [0.2, 0.25) is 0 Å². The molecule has 0 unspecified atom stereocenters. The maximum absolute atomic E-state index is 15.1. The van der Waals surface area contributed by atoms with E-state index in [1.165, 1.54) is 42.4 Å². The lowest BCUT2D eigenvalue weighted by Crippen LogP contribution is -2.47. The Morgan fingerprint density at radius 3 is 2.65 bits per heavy atom. The van der Waals surface area contributed by atoms with Crippen LogP contribution in [0.5, 0.6) is 11.5 Å². The highest BCUT2D eigenvalue weighted by Crippen LogP contribution is 2.37. The number of nitrogens with zero attached hydrogens (tertiary/aromatic N) is 9. The second kappa shape index (κ2) is 12.9. The predicted octanol–water partition coefficient (Wildman–Crippen LogP) is 4.81. The second-order valence-electron chi connectivity index (χ2n) is 13.0. The van der Waals surface area contributed by atoms with Gasteiger partial charge in [-0.25, -0.2) is 28.4 Å². The number of aryl methyl sites for hydroxylation is 1. The number of fused-ring (bicyclic) bond motifs is 6. The molecule has 5 heterocycles. The Morgan fingerprint density at radius 2 is 1.87 bits per heavy atom. The maximum atomic E-state index is 15.1. The van der Waals surface area contributed by atoms with Crippen molar-refractivity contribution in [1.29, 1.82) is 5.26 Å². The highest BCUT2D eigenvalue weighted by atomic mass is 19.1. The van der Waals surface area contributed by atoms with Crippen LogP contribution in [0, 0.1) is 29.9 Å².